The molecule has 1 nitrogen and oxygen atoms in total. The molecule has 0 aromatic carbocycles. The second kappa shape index (κ2) is 3.72. The van der Waals surface area contributed by atoms with E-state index in [4.69, 9.17) is 0 Å². The van der Waals surface area contributed by atoms with Crippen molar-refractivity contribution in [1.29, 1.82) is 0 Å². The molecule has 0 aromatic heterocycles. The highest BCUT2D eigenvalue weighted by Gasteiger charge is 2.19. The largest absolute Gasteiger partial charge is 0.306 e. The highest BCUT2D eigenvalue weighted by molar-refractivity contribution is 6.76. The highest BCUT2D eigenvalue weighted by atomic mass is 28.3. The van der Waals surface area contributed by atoms with Crippen LogP contribution in [-0.2, 0) is 0 Å². The summed E-state index contributed by atoms with van der Waals surface area (Å²) in [6.07, 6.45) is 5.74. The lowest BCUT2D eigenvalue weighted by Crippen LogP contribution is -2.42. The fraction of sp³-hybridized carbons (Fsp3) is 1.00. The molecule has 1 saturated heterocycles. The van der Waals surface area contributed by atoms with Crippen LogP contribution in [0.2, 0.25) is 19.6 Å². The van der Waals surface area contributed by atoms with Crippen molar-refractivity contribution in [3.63, 3.8) is 0 Å². The predicted octanol–water partition coefficient (Wildman–Crippen LogP) is 2.35. The molecule has 0 radical (unpaired) electrons. The third-order valence-corrected chi connectivity index (χ3v) is 3.54. The molecular weight excluding hydrogens is 150 g/mol. The van der Waals surface area contributed by atoms with Gasteiger partial charge in [0.15, 0.2) is 0 Å². The summed E-state index contributed by atoms with van der Waals surface area (Å²) in [6, 6.07) is 0. The van der Waals surface area contributed by atoms with Crippen LogP contribution in [0.3, 0.4) is 0 Å². The highest BCUT2D eigenvalue weighted by Crippen LogP contribution is 2.11. The normalized spacial score (nSPS) is 22.1. The fourth-order valence-corrected chi connectivity index (χ4v) is 3.45. The Labute approximate surface area is 71.8 Å². The van der Waals surface area contributed by atoms with Gasteiger partial charge in [-0.25, -0.2) is 0 Å². The molecule has 0 unspecified atom stereocenters. The van der Waals surface area contributed by atoms with Crippen LogP contribution < -0.4 is 0 Å². The van der Waals surface area contributed by atoms with Crippen LogP contribution in [0.5, 0.6) is 0 Å². The minimum absolute atomic E-state index is 0.819. The van der Waals surface area contributed by atoms with Gasteiger partial charge in [-0.3, -0.25) is 0 Å². The van der Waals surface area contributed by atoms with Crippen LogP contribution in [0.4, 0.5) is 0 Å². The second-order valence-corrected chi connectivity index (χ2v) is 10.3. The zero-order valence-corrected chi connectivity index (χ0v) is 9.19. The van der Waals surface area contributed by atoms with Crippen molar-refractivity contribution in [2.24, 2.45) is 0 Å². The summed E-state index contributed by atoms with van der Waals surface area (Å²) >= 11 is 0. The van der Waals surface area contributed by atoms with Crippen molar-refractivity contribution in [3.8, 4) is 0 Å². The zero-order chi connectivity index (χ0) is 8.32. The molecule has 0 atom stereocenters. The van der Waals surface area contributed by atoms with E-state index < -0.39 is 8.07 Å². The van der Waals surface area contributed by atoms with Gasteiger partial charge in [0.2, 0.25) is 0 Å². The van der Waals surface area contributed by atoms with Crippen LogP contribution in [0, 0.1) is 0 Å². The monoisotopic (exact) mass is 171 g/mol. The van der Waals surface area contributed by atoms with Gasteiger partial charge in [-0.15, -0.1) is 0 Å². The van der Waals surface area contributed by atoms with E-state index in [2.05, 4.69) is 24.5 Å². The first-order valence-corrected chi connectivity index (χ1v) is 8.51. The number of hydrogen-bond acceptors (Lipinski definition) is 1. The Morgan fingerprint density at radius 3 is 2.00 bits per heavy atom. The molecular formula is C9H21NSi. The van der Waals surface area contributed by atoms with Crippen LogP contribution in [0.1, 0.15) is 19.3 Å². The van der Waals surface area contributed by atoms with Crippen LogP contribution in [0.15, 0.2) is 0 Å². The predicted molar refractivity (Wildman–Crippen MR) is 53.6 cm³/mol. The van der Waals surface area contributed by atoms with Gasteiger partial charge in [0, 0.05) is 0 Å². The van der Waals surface area contributed by atoms with Gasteiger partial charge < -0.3 is 4.90 Å². The first-order valence-electron chi connectivity index (χ1n) is 4.80. The lowest BCUT2D eigenvalue weighted by Gasteiger charge is -2.31. The van der Waals surface area contributed by atoms with Crippen molar-refractivity contribution in [2.75, 3.05) is 19.3 Å². The van der Waals surface area contributed by atoms with E-state index in [9.17, 15) is 0 Å². The van der Waals surface area contributed by atoms with E-state index in [1.54, 1.807) is 0 Å². The van der Waals surface area contributed by atoms with Crippen LogP contribution in [0.25, 0.3) is 0 Å². The Morgan fingerprint density at radius 2 is 1.55 bits per heavy atom. The Hall–Kier alpha value is 0.177. The minimum Gasteiger partial charge on any atom is -0.306 e. The molecule has 0 amide bonds. The summed E-state index contributed by atoms with van der Waals surface area (Å²) in [5.41, 5.74) is 0. The average molecular weight is 171 g/mol. The van der Waals surface area contributed by atoms with E-state index in [0.717, 1.165) is 0 Å². The standard InChI is InChI=1S/C9H21NSi/c1-11(2,3)9-10-7-5-4-6-8-10/h4-9H2,1-3H3. The molecule has 0 bridgehead atoms. The maximum Gasteiger partial charge on any atom is 0.0599 e. The summed E-state index contributed by atoms with van der Waals surface area (Å²) in [5, 5.41) is 0. The maximum absolute atomic E-state index is 2.66. The number of piperidine rings is 1. The summed E-state index contributed by atoms with van der Waals surface area (Å²) in [5.74, 6) is 0. The molecule has 2 heteroatoms. The topological polar surface area (TPSA) is 3.24 Å². The van der Waals surface area contributed by atoms with Crippen LogP contribution in [-0.4, -0.2) is 32.2 Å². The molecule has 66 valence electrons. The summed E-state index contributed by atoms with van der Waals surface area (Å²) in [7, 11) is -0.819. The van der Waals surface area contributed by atoms with Gasteiger partial charge in [-0.05, 0) is 32.1 Å². The van der Waals surface area contributed by atoms with E-state index in [1.165, 1.54) is 38.5 Å². The summed E-state index contributed by atoms with van der Waals surface area (Å²) in [4.78, 5) is 2.66. The molecule has 1 aliphatic heterocycles. The molecule has 1 rings (SSSR count). The van der Waals surface area contributed by atoms with Gasteiger partial charge in [-0.1, -0.05) is 26.1 Å². The molecule has 0 N–H and O–H groups in total. The number of hydrogen-bond donors (Lipinski definition) is 0. The molecule has 0 aromatic rings. The number of likely N-dealkylation sites (tertiary alicyclic amines) is 1. The third kappa shape index (κ3) is 3.92. The quantitative estimate of drug-likeness (QED) is 0.577. The van der Waals surface area contributed by atoms with Crippen molar-refractivity contribution < 1.29 is 0 Å². The van der Waals surface area contributed by atoms with E-state index in [0.29, 0.717) is 0 Å². The third-order valence-electron chi connectivity index (χ3n) is 2.15. The van der Waals surface area contributed by atoms with Gasteiger partial charge in [-0.2, -0.15) is 0 Å². The number of rotatable bonds is 2. The minimum atomic E-state index is -0.819. The molecule has 0 aliphatic carbocycles. The second-order valence-electron chi connectivity index (χ2n) is 4.90. The van der Waals surface area contributed by atoms with E-state index >= 15 is 0 Å². The molecule has 0 spiro atoms. The van der Waals surface area contributed by atoms with E-state index in [1.807, 2.05) is 0 Å². The Kier molecular flexibility index (Phi) is 3.13. The Morgan fingerprint density at radius 1 is 1.00 bits per heavy atom. The van der Waals surface area contributed by atoms with Crippen molar-refractivity contribution in [2.45, 2.75) is 38.9 Å². The van der Waals surface area contributed by atoms with Crippen LogP contribution >= 0.6 is 0 Å². The SMILES string of the molecule is C[Si](C)(C)CN1CCCCC1. The smallest absolute Gasteiger partial charge is 0.0599 e. The fourth-order valence-electron chi connectivity index (χ4n) is 1.79. The lowest BCUT2D eigenvalue weighted by molar-refractivity contribution is 0.259. The Bertz CT molecular complexity index is 111. The molecule has 1 heterocycles. The van der Waals surface area contributed by atoms with Gasteiger partial charge in [0.25, 0.3) is 0 Å². The first kappa shape index (κ1) is 9.27. The molecule has 1 aliphatic rings. The summed E-state index contributed by atoms with van der Waals surface area (Å²) < 4.78 is 0. The zero-order valence-electron chi connectivity index (χ0n) is 8.19. The number of nitrogens with zero attached hydrogens (tertiary/aromatic N) is 1. The average Bonchev–Trinajstić information content (AvgIpc) is 1.85. The van der Waals surface area contributed by atoms with Gasteiger partial charge in [0.1, 0.15) is 0 Å². The van der Waals surface area contributed by atoms with Crippen molar-refractivity contribution >= 4 is 8.07 Å². The Balaban J connectivity index is 2.24. The maximum atomic E-state index is 2.66. The first-order chi connectivity index (χ1) is 5.08. The molecule has 11 heavy (non-hydrogen) atoms. The van der Waals surface area contributed by atoms with Gasteiger partial charge in [0.05, 0.1) is 8.07 Å². The van der Waals surface area contributed by atoms with Crippen molar-refractivity contribution in [1.82, 2.24) is 4.90 Å². The summed E-state index contributed by atoms with van der Waals surface area (Å²) in [6.45, 7) is 10.1. The van der Waals surface area contributed by atoms with E-state index in [-0.39, 0.29) is 0 Å². The van der Waals surface area contributed by atoms with Crippen molar-refractivity contribution in [3.05, 3.63) is 0 Å². The molecule has 1 fully saturated rings. The molecule has 0 saturated carbocycles. The van der Waals surface area contributed by atoms with Gasteiger partial charge >= 0.3 is 0 Å². The lowest BCUT2D eigenvalue weighted by atomic mass is 10.1.